The van der Waals surface area contributed by atoms with Crippen molar-refractivity contribution < 1.29 is 0 Å². The molecule has 1 rings (SSSR count). The fourth-order valence-electron chi connectivity index (χ4n) is 2.71. The Morgan fingerprint density at radius 3 is 2.60 bits per heavy atom. The number of nitrogens with zero attached hydrogens (tertiary/aromatic N) is 1. The van der Waals surface area contributed by atoms with Crippen molar-refractivity contribution in [2.75, 3.05) is 7.05 Å². The maximum atomic E-state index is 5.81. The summed E-state index contributed by atoms with van der Waals surface area (Å²) >= 11 is 0. The van der Waals surface area contributed by atoms with Crippen LogP contribution in [-0.4, -0.2) is 24.0 Å². The van der Waals surface area contributed by atoms with Crippen molar-refractivity contribution in [2.24, 2.45) is 11.7 Å². The van der Waals surface area contributed by atoms with Crippen molar-refractivity contribution in [2.45, 2.75) is 58.5 Å². The number of hydrogen-bond acceptors (Lipinski definition) is 2. The summed E-state index contributed by atoms with van der Waals surface area (Å²) < 4.78 is 0. The molecular formula is C13H26N2. The average Bonchev–Trinajstić information content (AvgIpc) is 2.19. The topological polar surface area (TPSA) is 29.3 Å². The van der Waals surface area contributed by atoms with Crippen molar-refractivity contribution in [1.29, 1.82) is 0 Å². The molecular weight excluding hydrogens is 184 g/mol. The van der Waals surface area contributed by atoms with E-state index in [0.717, 1.165) is 24.5 Å². The van der Waals surface area contributed by atoms with Crippen molar-refractivity contribution in [3.63, 3.8) is 0 Å². The van der Waals surface area contributed by atoms with Crippen molar-refractivity contribution >= 4 is 0 Å². The quantitative estimate of drug-likeness (QED) is 0.773. The Kier molecular flexibility index (Phi) is 4.65. The van der Waals surface area contributed by atoms with Gasteiger partial charge in [0.15, 0.2) is 0 Å². The molecule has 88 valence electrons. The first-order valence-electron chi connectivity index (χ1n) is 6.22. The maximum Gasteiger partial charge on any atom is 0.0134 e. The second kappa shape index (κ2) is 5.55. The summed E-state index contributed by atoms with van der Waals surface area (Å²) in [5.74, 6) is 0.739. The molecule has 0 aliphatic heterocycles. The highest BCUT2D eigenvalue weighted by molar-refractivity contribution is 5.04. The largest absolute Gasteiger partial charge is 0.402 e. The molecule has 0 heterocycles. The van der Waals surface area contributed by atoms with E-state index in [4.69, 9.17) is 5.73 Å². The van der Waals surface area contributed by atoms with Crippen molar-refractivity contribution in [3.05, 3.63) is 11.8 Å². The number of nitrogens with two attached hydrogens (primary N) is 1. The molecule has 2 nitrogen and oxygen atoms in total. The van der Waals surface area contributed by atoms with Crippen molar-refractivity contribution in [1.82, 2.24) is 4.90 Å². The van der Waals surface area contributed by atoms with Gasteiger partial charge in [-0.2, -0.15) is 0 Å². The summed E-state index contributed by atoms with van der Waals surface area (Å²) in [5.41, 5.74) is 6.89. The molecule has 0 aromatic rings. The predicted molar refractivity (Wildman–Crippen MR) is 66.6 cm³/mol. The zero-order chi connectivity index (χ0) is 11.4. The van der Waals surface area contributed by atoms with Gasteiger partial charge < -0.3 is 5.73 Å². The second-order valence-electron chi connectivity index (χ2n) is 5.09. The monoisotopic (exact) mass is 210 g/mol. The van der Waals surface area contributed by atoms with Crippen LogP contribution in [0.3, 0.4) is 0 Å². The van der Waals surface area contributed by atoms with Crippen LogP contribution in [0.2, 0.25) is 0 Å². The molecule has 0 fully saturated rings. The Hall–Kier alpha value is -0.500. The van der Waals surface area contributed by atoms with Gasteiger partial charge in [0.25, 0.3) is 0 Å². The summed E-state index contributed by atoms with van der Waals surface area (Å²) in [6, 6.07) is 1.41. The lowest BCUT2D eigenvalue weighted by molar-refractivity contribution is 0.122. The van der Waals surface area contributed by atoms with Crippen molar-refractivity contribution in [3.8, 4) is 0 Å². The van der Waals surface area contributed by atoms with E-state index in [-0.39, 0.29) is 0 Å². The Morgan fingerprint density at radius 1 is 1.53 bits per heavy atom. The molecule has 0 saturated carbocycles. The van der Waals surface area contributed by atoms with Gasteiger partial charge >= 0.3 is 0 Å². The third kappa shape index (κ3) is 3.23. The predicted octanol–water partition coefficient (Wildman–Crippen LogP) is 2.75. The van der Waals surface area contributed by atoms with Gasteiger partial charge in [0.2, 0.25) is 0 Å². The van der Waals surface area contributed by atoms with E-state index in [2.05, 4.69) is 38.8 Å². The fourth-order valence-corrected chi connectivity index (χ4v) is 2.71. The normalized spacial score (nSPS) is 24.4. The number of allylic oxidation sites excluding steroid dienone is 1. The first kappa shape index (κ1) is 12.6. The van der Waals surface area contributed by atoms with Gasteiger partial charge in [-0.1, -0.05) is 26.8 Å². The van der Waals surface area contributed by atoms with Crippen LogP contribution in [-0.2, 0) is 0 Å². The molecule has 15 heavy (non-hydrogen) atoms. The van der Waals surface area contributed by atoms with Gasteiger partial charge in [-0.15, -0.1) is 0 Å². The van der Waals surface area contributed by atoms with Gasteiger partial charge in [0.05, 0.1) is 0 Å². The lowest BCUT2D eigenvalue weighted by atomic mass is 9.93. The lowest BCUT2D eigenvalue weighted by Crippen LogP contribution is -2.43. The van der Waals surface area contributed by atoms with E-state index in [1.54, 1.807) is 0 Å². The molecule has 1 aliphatic carbocycles. The molecule has 0 amide bonds. The summed E-state index contributed by atoms with van der Waals surface area (Å²) in [5, 5.41) is 0. The Balaban J connectivity index is 2.56. The van der Waals surface area contributed by atoms with Gasteiger partial charge in [0.1, 0.15) is 0 Å². The minimum Gasteiger partial charge on any atom is -0.402 e. The highest BCUT2D eigenvalue weighted by Crippen LogP contribution is 2.24. The van der Waals surface area contributed by atoms with E-state index < -0.39 is 0 Å². The minimum atomic E-state index is 0.699. The average molecular weight is 210 g/mol. The Labute approximate surface area is 94.5 Å². The van der Waals surface area contributed by atoms with Gasteiger partial charge in [-0.3, -0.25) is 4.90 Å². The molecule has 0 bridgehead atoms. The molecule has 2 heteroatoms. The zero-order valence-electron chi connectivity index (χ0n) is 10.7. The Bertz CT molecular complexity index is 221. The second-order valence-corrected chi connectivity index (χ2v) is 5.09. The molecule has 2 atom stereocenters. The summed E-state index contributed by atoms with van der Waals surface area (Å²) in [4.78, 5) is 2.56. The van der Waals surface area contributed by atoms with Crippen LogP contribution in [0, 0.1) is 5.92 Å². The van der Waals surface area contributed by atoms with Crippen LogP contribution in [0.1, 0.15) is 46.5 Å². The first-order chi connectivity index (χ1) is 7.06. The zero-order valence-corrected chi connectivity index (χ0v) is 10.7. The molecule has 0 radical (unpaired) electrons. The smallest absolute Gasteiger partial charge is 0.0134 e. The van der Waals surface area contributed by atoms with Gasteiger partial charge in [-0.05, 0) is 38.6 Å². The van der Waals surface area contributed by atoms with Crippen LogP contribution >= 0.6 is 0 Å². The molecule has 2 unspecified atom stereocenters. The minimum absolute atomic E-state index is 0.699. The molecule has 1 aliphatic rings. The number of rotatable bonds is 4. The molecule has 2 N–H and O–H groups in total. The standard InChI is InChI=1S/C13H26N2/c1-5-13(10(2)3)15(4)12-8-6-11(14)7-9-12/h6,10,12-13H,5,7-9,14H2,1-4H3. The first-order valence-corrected chi connectivity index (χ1v) is 6.22. The molecule has 0 aromatic heterocycles. The van der Waals surface area contributed by atoms with Gasteiger partial charge in [0, 0.05) is 17.8 Å². The van der Waals surface area contributed by atoms with Crippen LogP contribution in [0.5, 0.6) is 0 Å². The van der Waals surface area contributed by atoms with E-state index >= 15 is 0 Å². The molecule has 0 aromatic carbocycles. The van der Waals surface area contributed by atoms with E-state index in [0.29, 0.717) is 12.1 Å². The van der Waals surface area contributed by atoms with E-state index in [1.165, 1.54) is 12.8 Å². The SMILES string of the molecule is CCC(C(C)C)N(C)C1CC=C(N)CC1. The summed E-state index contributed by atoms with van der Waals surface area (Å²) in [6.07, 6.45) is 6.87. The number of hydrogen-bond donors (Lipinski definition) is 1. The van der Waals surface area contributed by atoms with E-state index in [1.807, 2.05) is 0 Å². The summed E-state index contributed by atoms with van der Waals surface area (Å²) in [6.45, 7) is 6.92. The lowest BCUT2D eigenvalue weighted by Gasteiger charge is -2.38. The molecule has 0 spiro atoms. The highest BCUT2D eigenvalue weighted by atomic mass is 15.2. The third-order valence-electron chi connectivity index (χ3n) is 3.71. The van der Waals surface area contributed by atoms with Crippen LogP contribution in [0.25, 0.3) is 0 Å². The van der Waals surface area contributed by atoms with Crippen LogP contribution in [0.15, 0.2) is 11.8 Å². The van der Waals surface area contributed by atoms with Crippen LogP contribution < -0.4 is 5.73 Å². The summed E-state index contributed by atoms with van der Waals surface area (Å²) in [7, 11) is 2.27. The Morgan fingerprint density at radius 2 is 2.20 bits per heavy atom. The van der Waals surface area contributed by atoms with Gasteiger partial charge in [-0.25, -0.2) is 0 Å². The van der Waals surface area contributed by atoms with E-state index in [9.17, 15) is 0 Å². The fraction of sp³-hybridized carbons (Fsp3) is 0.846. The molecule has 0 saturated heterocycles. The highest BCUT2D eigenvalue weighted by Gasteiger charge is 2.24. The van der Waals surface area contributed by atoms with Crippen LogP contribution in [0.4, 0.5) is 0 Å². The maximum absolute atomic E-state index is 5.81. The third-order valence-corrected chi connectivity index (χ3v) is 3.71.